The highest BCUT2D eigenvalue weighted by Gasteiger charge is 2.23. The third-order valence-corrected chi connectivity index (χ3v) is 3.94. The maximum atomic E-state index is 11.7. The summed E-state index contributed by atoms with van der Waals surface area (Å²) in [4.78, 5) is 16.0. The van der Waals surface area contributed by atoms with Crippen molar-refractivity contribution in [3.8, 4) is 0 Å². The average molecular weight is 319 g/mol. The highest BCUT2D eigenvalue weighted by molar-refractivity contribution is 5.83. The van der Waals surface area contributed by atoms with Gasteiger partial charge in [-0.1, -0.05) is 13.8 Å². The van der Waals surface area contributed by atoms with Crippen LogP contribution >= 0.6 is 0 Å². The molecule has 1 aromatic heterocycles. The first-order valence-electron chi connectivity index (χ1n) is 8.44. The van der Waals surface area contributed by atoms with E-state index in [9.17, 15) is 4.79 Å². The first kappa shape index (κ1) is 17.6. The van der Waals surface area contributed by atoms with Crippen LogP contribution in [0.1, 0.15) is 53.9 Å². The molecule has 1 saturated carbocycles. The maximum absolute atomic E-state index is 11.7. The van der Waals surface area contributed by atoms with Gasteiger partial charge in [-0.2, -0.15) is 0 Å². The number of nitrogens with one attached hydrogen (secondary N) is 2. The Bertz CT molecular complexity index is 512. The first-order valence-corrected chi connectivity index (χ1v) is 8.44. The summed E-state index contributed by atoms with van der Waals surface area (Å²) in [6.45, 7) is 10.1. The van der Waals surface area contributed by atoms with Crippen molar-refractivity contribution in [1.29, 1.82) is 0 Å². The van der Waals surface area contributed by atoms with E-state index < -0.39 is 11.7 Å². The van der Waals surface area contributed by atoms with Gasteiger partial charge in [0.15, 0.2) is 0 Å². The fraction of sp³-hybridized carbons (Fsp3) is 0.667. The number of aromatic nitrogens is 1. The monoisotopic (exact) mass is 319 g/mol. The zero-order valence-electron chi connectivity index (χ0n) is 14.8. The van der Waals surface area contributed by atoms with E-state index in [2.05, 4.69) is 29.5 Å². The minimum atomic E-state index is -0.514. The van der Waals surface area contributed by atoms with E-state index in [1.165, 1.54) is 19.3 Å². The van der Waals surface area contributed by atoms with Gasteiger partial charge in [-0.05, 0) is 64.0 Å². The van der Waals surface area contributed by atoms with Gasteiger partial charge in [0.25, 0.3) is 0 Å². The van der Waals surface area contributed by atoms with E-state index in [1.807, 2.05) is 26.8 Å². The minimum absolute atomic E-state index is 0.486. The second-order valence-electron chi connectivity index (χ2n) is 7.82. The predicted molar refractivity (Wildman–Crippen MR) is 93.7 cm³/mol. The molecule has 0 aromatic carbocycles. The Morgan fingerprint density at radius 2 is 1.83 bits per heavy atom. The highest BCUT2D eigenvalue weighted by Crippen LogP contribution is 2.30. The van der Waals surface area contributed by atoms with Crippen molar-refractivity contribution in [3.63, 3.8) is 0 Å². The quantitative estimate of drug-likeness (QED) is 0.850. The van der Waals surface area contributed by atoms with Gasteiger partial charge in [-0.3, -0.25) is 5.32 Å². The van der Waals surface area contributed by atoms with Crippen LogP contribution in [0.5, 0.6) is 0 Å². The molecule has 1 aliphatic rings. The zero-order chi connectivity index (χ0) is 17.0. The molecule has 0 aliphatic heterocycles. The van der Waals surface area contributed by atoms with Crippen LogP contribution in [-0.2, 0) is 4.74 Å². The molecular formula is C18H29N3O2. The Morgan fingerprint density at radius 1 is 1.17 bits per heavy atom. The van der Waals surface area contributed by atoms with Gasteiger partial charge in [0.2, 0.25) is 0 Å². The fourth-order valence-corrected chi connectivity index (χ4v) is 3.26. The third-order valence-electron chi connectivity index (χ3n) is 3.94. The van der Waals surface area contributed by atoms with Gasteiger partial charge in [-0.25, -0.2) is 9.78 Å². The van der Waals surface area contributed by atoms with Crippen molar-refractivity contribution in [2.45, 2.75) is 65.5 Å². The fourth-order valence-electron chi connectivity index (χ4n) is 3.26. The van der Waals surface area contributed by atoms with Crippen LogP contribution in [0, 0.1) is 11.8 Å². The van der Waals surface area contributed by atoms with Crippen LogP contribution in [0.25, 0.3) is 0 Å². The Kier molecular flexibility index (Phi) is 5.50. The van der Waals surface area contributed by atoms with Crippen LogP contribution in [-0.4, -0.2) is 22.7 Å². The normalized spacial score (nSPS) is 24.8. The van der Waals surface area contributed by atoms with Gasteiger partial charge in [-0.15, -0.1) is 0 Å². The van der Waals surface area contributed by atoms with Crippen LogP contribution < -0.4 is 10.6 Å². The number of rotatable bonds is 3. The van der Waals surface area contributed by atoms with E-state index in [0.29, 0.717) is 11.9 Å². The van der Waals surface area contributed by atoms with Crippen molar-refractivity contribution in [2.24, 2.45) is 11.8 Å². The first-order chi connectivity index (χ1) is 10.7. The lowest BCUT2D eigenvalue weighted by Crippen LogP contribution is -2.30. The number of carbonyl (C=O) groups excluding carboxylic acids is 1. The number of carbonyl (C=O) groups is 1. The number of amides is 1. The van der Waals surface area contributed by atoms with E-state index in [1.54, 1.807) is 12.3 Å². The minimum Gasteiger partial charge on any atom is -0.444 e. The molecular weight excluding hydrogens is 290 g/mol. The summed E-state index contributed by atoms with van der Waals surface area (Å²) in [6, 6.07) is 4.24. The van der Waals surface area contributed by atoms with Crippen LogP contribution in [0.4, 0.5) is 16.3 Å². The van der Waals surface area contributed by atoms with Crippen LogP contribution in [0.3, 0.4) is 0 Å². The molecule has 1 aliphatic carbocycles. The Labute approximate surface area is 139 Å². The topological polar surface area (TPSA) is 63.2 Å². The lowest BCUT2D eigenvalue weighted by molar-refractivity contribution is 0.0635. The molecule has 0 bridgehead atoms. The van der Waals surface area contributed by atoms with Crippen LogP contribution in [0.2, 0.25) is 0 Å². The van der Waals surface area contributed by atoms with Crippen molar-refractivity contribution in [3.05, 3.63) is 18.3 Å². The molecule has 2 unspecified atom stereocenters. The summed E-state index contributed by atoms with van der Waals surface area (Å²) in [5.74, 6) is 2.02. The molecule has 0 saturated heterocycles. The molecule has 0 spiro atoms. The molecule has 1 amide bonds. The Morgan fingerprint density at radius 3 is 2.35 bits per heavy atom. The van der Waals surface area contributed by atoms with Gasteiger partial charge < -0.3 is 10.1 Å². The molecule has 2 rings (SSSR count). The second kappa shape index (κ2) is 7.20. The molecule has 5 nitrogen and oxygen atoms in total. The van der Waals surface area contributed by atoms with Crippen molar-refractivity contribution < 1.29 is 9.53 Å². The van der Waals surface area contributed by atoms with Crippen molar-refractivity contribution in [2.75, 3.05) is 10.6 Å². The van der Waals surface area contributed by atoms with Gasteiger partial charge in [0, 0.05) is 6.04 Å². The number of nitrogens with zero attached hydrogens (tertiary/aromatic N) is 1. The molecule has 2 atom stereocenters. The standard InChI is InChI=1S/C18H29N3O2/c1-12-8-13(2)10-15(9-12)20-14-6-7-16(19-11-14)21-17(22)23-18(3,4)5/h6-7,11-13,15,20H,8-10H2,1-5H3,(H,19,21,22). The van der Waals surface area contributed by atoms with Gasteiger partial charge in [0.1, 0.15) is 11.4 Å². The Hall–Kier alpha value is -1.78. The smallest absolute Gasteiger partial charge is 0.413 e. The summed E-state index contributed by atoms with van der Waals surface area (Å²) >= 11 is 0. The summed E-state index contributed by atoms with van der Waals surface area (Å²) in [5.41, 5.74) is 0.478. The number of pyridine rings is 1. The summed E-state index contributed by atoms with van der Waals surface area (Å²) in [6.07, 6.45) is 4.98. The predicted octanol–water partition coefficient (Wildman–Crippen LogP) is 4.67. The SMILES string of the molecule is CC1CC(C)CC(Nc2ccc(NC(=O)OC(C)(C)C)nc2)C1. The number of hydrogen-bond acceptors (Lipinski definition) is 4. The molecule has 2 N–H and O–H groups in total. The lowest BCUT2D eigenvalue weighted by Gasteiger charge is -2.32. The van der Waals surface area contributed by atoms with Crippen molar-refractivity contribution >= 4 is 17.6 Å². The molecule has 1 heterocycles. The van der Waals surface area contributed by atoms with E-state index in [-0.39, 0.29) is 0 Å². The highest BCUT2D eigenvalue weighted by atomic mass is 16.6. The summed E-state index contributed by atoms with van der Waals surface area (Å²) in [5, 5.41) is 6.20. The molecule has 1 aromatic rings. The summed E-state index contributed by atoms with van der Waals surface area (Å²) in [7, 11) is 0. The Balaban J connectivity index is 1.88. The van der Waals surface area contributed by atoms with E-state index in [0.717, 1.165) is 17.5 Å². The molecule has 23 heavy (non-hydrogen) atoms. The van der Waals surface area contributed by atoms with E-state index >= 15 is 0 Å². The molecule has 1 fully saturated rings. The van der Waals surface area contributed by atoms with Crippen LogP contribution in [0.15, 0.2) is 18.3 Å². The van der Waals surface area contributed by atoms with Gasteiger partial charge in [0.05, 0.1) is 11.9 Å². The number of hydrogen-bond donors (Lipinski definition) is 2. The average Bonchev–Trinajstić information content (AvgIpc) is 2.37. The molecule has 5 heteroatoms. The molecule has 0 radical (unpaired) electrons. The zero-order valence-corrected chi connectivity index (χ0v) is 14.8. The van der Waals surface area contributed by atoms with E-state index in [4.69, 9.17) is 4.74 Å². The number of ether oxygens (including phenoxy) is 1. The summed E-state index contributed by atoms with van der Waals surface area (Å²) < 4.78 is 5.21. The lowest BCUT2D eigenvalue weighted by atomic mass is 9.80. The number of anilines is 2. The van der Waals surface area contributed by atoms with Gasteiger partial charge >= 0.3 is 6.09 Å². The maximum Gasteiger partial charge on any atom is 0.413 e. The van der Waals surface area contributed by atoms with Crippen molar-refractivity contribution in [1.82, 2.24) is 4.98 Å². The second-order valence-corrected chi connectivity index (χ2v) is 7.82. The largest absolute Gasteiger partial charge is 0.444 e. The molecule has 128 valence electrons. The third kappa shape index (κ3) is 6.08.